The smallest absolute Gasteiger partial charge is 0.203 e. The number of hydrogen-bond donors (Lipinski definition) is 2. The van der Waals surface area contributed by atoms with Gasteiger partial charge in [0.2, 0.25) is 5.78 Å². The maximum atomic E-state index is 12.0. The second-order valence-corrected chi connectivity index (χ2v) is 6.21. The molecule has 0 spiro atoms. The minimum absolute atomic E-state index is 0. The maximum absolute atomic E-state index is 12.0. The Labute approximate surface area is 135 Å². The van der Waals surface area contributed by atoms with Crippen molar-refractivity contribution in [2.75, 3.05) is 5.75 Å². The second-order valence-electron chi connectivity index (χ2n) is 5.15. The van der Waals surface area contributed by atoms with Crippen LogP contribution < -0.4 is 11.1 Å². The van der Waals surface area contributed by atoms with Crippen LogP contribution in [0, 0.1) is 0 Å². The first kappa shape index (κ1) is 18.0. The van der Waals surface area contributed by atoms with Crippen LogP contribution in [-0.2, 0) is 9.59 Å². The Kier molecular flexibility index (Phi) is 7.22. The Hall–Kier alpha value is -1.04. The van der Waals surface area contributed by atoms with Gasteiger partial charge in [0.05, 0.1) is 10.6 Å². The quantitative estimate of drug-likeness (QED) is 0.597. The number of carbonyl (C=O) groups is 2. The maximum Gasteiger partial charge on any atom is 0.203 e. The molecular weight excluding hydrogens is 308 g/mol. The highest BCUT2D eigenvalue weighted by atomic mass is 35.5. The summed E-state index contributed by atoms with van der Waals surface area (Å²) < 4.78 is 0. The van der Waals surface area contributed by atoms with Gasteiger partial charge in [-0.05, 0) is 25.7 Å². The molecule has 0 aliphatic heterocycles. The molecule has 4 nitrogen and oxygen atoms in total. The van der Waals surface area contributed by atoms with Crippen molar-refractivity contribution in [3.63, 3.8) is 0 Å². The molecule has 0 aromatic rings. The van der Waals surface area contributed by atoms with Gasteiger partial charge in [-0.2, -0.15) is 0 Å². The largest absolute Gasteiger partial charge is 0.379 e. The Balaban J connectivity index is 0.00000220. The predicted molar refractivity (Wildman–Crippen MR) is 89.5 cm³/mol. The third-order valence-electron chi connectivity index (χ3n) is 3.53. The summed E-state index contributed by atoms with van der Waals surface area (Å²) in [5, 5.41) is 3.20. The van der Waals surface area contributed by atoms with E-state index in [0.29, 0.717) is 16.4 Å². The molecule has 21 heavy (non-hydrogen) atoms. The van der Waals surface area contributed by atoms with Crippen LogP contribution in [0.2, 0.25) is 0 Å². The minimum atomic E-state index is -0.119. The van der Waals surface area contributed by atoms with Gasteiger partial charge in [-0.1, -0.05) is 6.08 Å². The topological polar surface area (TPSA) is 72.2 Å². The van der Waals surface area contributed by atoms with E-state index in [4.69, 9.17) is 5.73 Å². The molecule has 2 aliphatic carbocycles. The summed E-state index contributed by atoms with van der Waals surface area (Å²) in [6.07, 6.45) is 8.37. The molecule has 1 saturated carbocycles. The Morgan fingerprint density at radius 1 is 1.24 bits per heavy atom. The molecule has 0 saturated heterocycles. The third-order valence-corrected chi connectivity index (χ3v) is 4.57. The van der Waals surface area contributed by atoms with Gasteiger partial charge in [0.1, 0.15) is 0 Å². The third kappa shape index (κ3) is 5.02. The van der Waals surface area contributed by atoms with Gasteiger partial charge >= 0.3 is 0 Å². The van der Waals surface area contributed by atoms with E-state index < -0.39 is 0 Å². The van der Waals surface area contributed by atoms with Crippen LogP contribution in [0.15, 0.2) is 35.4 Å². The Morgan fingerprint density at radius 2 is 1.90 bits per heavy atom. The van der Waals surface area contributed by atoms with E-state index in [1.807, 2.05) is 0 Å². The standard InChI is InChI=1S/C15H20N2O2S.ClH/c1-2-7-20-15-9-13(18)12(8-14(15)19)17-11-5-3-10(16)4-6-11;/h2,8-11,17H,1,3-7,16H2;1H. The Morgan fingerprint density at radius 3 is 2.52 bits per heavy atom. The van der Waals surface area contributed by atoms with Gasteiger partial charge in [-0.3, -0.25) is 9.59 Å². The van der Waals surface area contributed by atoms with E-state index >= 15 is 0 Å². The summed E-state index contributed by atoms with van der Waals surface area (Å²) in [6.45, 7) is 3.61. The van der Waals surface area contributed by atoms with Crippen molar-refractivity contribution >= 4 is 35.7 Å². The van der Waals surface area contributed by atoms with Crippen LogP contribution in [0.5, 0.6) is 0 Å². The first-order valence-electron chi connectivity index (χ1n) is 6.88. The number of allylic oxidation sites excluding steroid dienone is 3. The normalized spacial score (nSPS) is 25.6. The van der Waals surface area contributed by atoms with Gasteiger partial charge in [-0.25, -0.2) is 0 Å². The summed E-state index contributed by atoms with van der Waals surface area (Å²) in [4.78, 5) is 24.5. The molecule has 0 amide bonds. The van der Waals surface area contributed by atoms with Crippen LogP contribution in [0.1, 0.15) is 25.7 Å². The van der Waals surface area contributed by atoms with E-state index in [9.17, 15) is 9.59 Å². The number of carbonyl (C=O) groups excluding carboxylic acids is 2. The zero-order chi connectivity index (χ0) is 14.5. The highest BCUT2D eigenvalue weighted by Crippen LogP contribution is 2.23. The lowest BCUT2D eigenvalue weighted by Gasteiger charge is -2.28. The number of hydrogen-bond acceptors (Lipinski definition) is 5. The summed E-state index contributed by atoms with van der Waals surface area (Å²) in [6, 6.07) is 0.515. The SMILES string of the molecule is C=CCSC1=CC(=O)C(NC2CCC(N)CC2)=CC1=O.Cl. The molecule has 0 heterocycles. The van der Waals surface area contributed by atoms with E-state index in [0.717, 1.165) is 25.7 Å². The van der Waals surface area contributed by atoms with Crippen LogP contribution in [0.25, 0.3) is 0 Å². The van der Waals surface area contributed by atoms with Crippen molar-refractivity contribution in [3.8, 4) is 0 Å². The fourth-order valence-electron chi connectivity index (χ4n) is 2.40. The van der Waals surface area contributed by atoms with Gasteiger partial charge in [0.15, 0.2) is 5.78 Å². The van der Waals surface area contributed by atoms with Gasteiger partial charge in [-0.15, -0.1) is 30.7 Å². The fraction of sp³-hybridized carbons (Fsp3) is 0.467. The number of nitrogens with one attached hydrogen (secondary N) is 1. The van der Waals surface area contributed by atoms with Crippen LogP contribution in [0.3, 0.4) is 0 Å². The first-order valence-corrected chi connectivity index (χ1v) is 7.86. The number of ketones is 2. The molecule has 0 unspecified atom stereocenters. The van der Waals surface area contributed by atoms with Crippen molar-refractivity contribution in [3.05, 3.63) is 35.4 Å². The Bertz CT molecular complexity index is 480. The number of halogens is 1. The van der Waals surface area contributed by atoms with Crippen molar-refractivity contribution in [1.82, 2.24) is 5.32 Å². The zero-order valence-corrected chi connectivity index (χ0v) is 13.5. The highest BCUT2D eigenvalue weighted by Gasteiger charge is 2.24. The molecule has 2 aliphatic rings. The summed E-state index contributed by atoms with van der Waals surface area (Å²) in [5.74, 6) is 0.402. The zero-order valence-electron chi connectivity index (χ0n) is 11.8. The monoisotopic (exact) mass is 328 g/mol. The molecular formula is C15H21ClN2O2S. The predicted octanol–water partition coefficient (Wildman–Crippen LogP) is 2.11. The molecule has 3 N–H and O–H groups in total. The lowest BCUT2D eigenvalue weighted by molar-refractivity contribution is -0.115. The highest BCUT2D eigenvalue weighted by molar-refractivity contribution is 8.04. The van der Waals surface area contributed by atoms with Crippen LogP contribution in [0.4, 0.5) is 0 Å². The first-order chi connectivity index (χ1) is 9.60. The molecule has 6 heteroatoms. The molecule has 0 aromatic heterocycles. The van der Waals surface area contributed by atoms with Crippen LogP contribution >= 0.6 is 24.2 Å². The van der Waals surface area contributed by atoms with E-state index in [1.54, 1.807) is 6.08 Å². The van der Waals surface area contributed by atoms with Gasteiger partial charge in [0.25, 0.3) is 0 Å². The summed E-state index contributed by atoms with van der Waals surface area (Å²) in [7, 11) is 0. The average Bonchev–Trinajstić information content (AvgIpc) is 2.43. The number of nitrogens with two attached hydrogens (primary N) is 1. The van der Waals surface area contributed by atoms with Crippen molar-refractivity contribution in [2.24, 2.45) is 5.73 Å². The van der Waals surface area contributed by atoms with Crippen molar-refractivity contribution < 1.29 is 9.59 Å². The number of thioether (sulfide) groups is 1. The lowest BCUT2D eigenvalue weighted by Crippen LogP contribution is -2.39. The fourth-order valence-corrected chi connectivity index (χ4v) is 3.09. The molecule has 0 atom stereocenters. The minimum Gasteiger partial charge on any atom is -0.379 e. The van der Waals surface area contributed by atoms with Crippen molar-refractivity contribution in [1.29, 1.82) is 0 Å². The van der Waals surface area contributed by atoms with E-state index in [1.165, 1.54) is 23.9 Å². The molecule has 116 valence electrons. The lowest BCUT2D eigenvalue weighted by atomic mass is 9.91. The molecule has 0 radical (unpaired) electrons. The van der Waals surface area contributed by atoms with Crippen molar-refractivity contribution in [2.45, 2.75) is 37.8 Å². The molecule has 2 rings (SSSR count). The number of rotatable bonds is 5. The van der Waals surface area contributed by atoms with Gasteiger partial charge < -0.3 is 11.1 Å². The second kappa shape index (κ2) is 8.41. The van der Waals surface area contributed by atoms with Gasteiger partial charge in [0, 0.05) is 30.0 Å². The molecule has 1 fully saturated rings. The molecule has 0 aromatic carbocycles. The molecule has 0 bridgehead atoms. The van der Waals surface area contributed by atoms with E-state index in [2.05, 4.69) is 11.9 Å². The van der Waals surface area contributed by atoms with Crippen LogP contribution in [-0.4, -0.2) is 29.4 Å². The summed E-state index contributed by atoms with van der Waals surface area (Å²) >= 11 is 1.34. The average molecular weight is 329 g/mol. The van der Waals surface area contributed by atoms with E-state index in [-0.39, 0.29) is 36.1 Å². The summed E-state index contributed by atoms with van der Waals surface area (Å²) in [5.41, 5.74) is 6.28.